The number of anilines is 1. The van der Waals surface area contributed by atoms with Crippen LogP contribution < -0.4 is 5.48 Å². The van der Waals surface area contributed by atoms with Gasteiger partial charge in [-0.2, -0.15) is 0 Å². The van der Waals surface area contributed by atoms with Crippen LogP contribution in [0.25, 0.3) is 6.08 Å². The molecular formula is C16H23N3O2. The average molecular weight is 289 g/mol. The molecular weight excluding hydrogens is 266 g/mol. The highest BCUT2D eigenvalue weighted by molar-refractivity contribution is 5.91. The summed E-state index contributed by atoms with van der Waals surface area (Å²) in [6.45, 7) is 6.82. The monoisotopic (exact) mass is 289 g/mol. The number of amides is 1. The molecule has 1 aromatic rings. The Labute approximate surface area is 125 Å². The third kappa shape index (κ3) is 4.58. The number of carbonyl (C=O) groups is 1. The van der Waals surface area contributed by atoms with Crippen molar-refractivity contribution in [1.29, 1.82) is 0 Å². The quantitative estimate of drug-likeness (QED) is 0.643. The van der Waals surface area contributed by atoms with Gasteiger partial charge in [0.05, 0.1) is 5.69 Å². The van der Waals surface area contributed by atoms with Crippen molar-refractivity contribution in [2.45, 2.75) is 13.3 Å². The fourth-order valence-electron chi connectivity index (χ4n) is 2.45. The fraction of sp³-hybridized carbons (Fsp3) is 0.438. The zero-order valence-corrected chi connectivity index (χ0v) is 12.5. The summed E-state index contributed by atoms with van der Waals surface area (Å²) >= 11 is 0. The minimum Gasteiger partial charge on any atom is -0.337 e. The number of nitrogens with one attached hydrogen (secondary N) is 1. The Morgan fingerprint density at radius 3 is 2.48 bits per heavy atom. The van der Waals surface area contributed by atoms with E-state index in [2.05, 4.69) is 17.3 Å². The highest BCUT2D eigenvalue weighted by atomic mass is 16.5. The van der Waals surface area contributed by atoms with Crippen molar-refractivity contribution < 1.29 is 10.0 Å². The van der Waals surface area contributed by atoms with Crippen LogP contribution in [0, 0.1) is 0 Å². The molecule has 1 aromatic carbocycles. The van der Waals surface area contributed by atoms with Crippen molar-refractivity contribution in [3.05, 3.63) is 35.9 Å². The summed E-state index contributed by atoms with van der Waals surface area (Å²) in [5, 5.41) is 8.74. The second-order valence-corrected chi connectivity index (χ2v) is 5.23. The Morgan fingerprint density at radius 1 is 1.24 bits per heavy atom. The van der Waals surface area contributed by atoms with Crippen LogP contribution in [-0.4, -0.2) is 53.6 Å². The molecule has 1 fully saturated rings. The zero-order valence-electron chi connectivity index (χ0n) is 12.5. The van der Waals surface area contributed by atoms with Gasteiger partial charge in [0, 0.05) is 32.3 Å². The zero-order chi connectivity index (χ0) is 15.1. The summed E-state index contributed by atoms with van der Waals surface area (Å²) in [6, 6.07) is 7.21. The lowest BCUT2D eigenvalue weighted by Crippen LogP contribution is -2.48. The minimum atomic E-state index is 0.0653. The summed E-state index contributed by atoms with van der Waals surface area (Å²) in [7, 11) is 0. The van der Waals surface area contributed by atoms with E-state index in [1.54, 1.807) is 18.2 Å². The topological polar surface area (TPSA) is 55.8 Å². The molecule has 114 valence electrons. The molecule has 0 spiro atoms. The van der Waals surface area contributed by atoms with Crippen LogP contribution in [0.2, 0.25) is 0 Å². The number of benzene rings is 1. The van der Waals surface area contributed by atoms with Gasteiger partial charge in [0.15, 0.2) is 0 Å². The Balaban J connectivity index is 1.85. The summed E-state index contributed by atoms with van der Waals surface area (Å²) in [4.78, 5) is 16.4. The second-order valence-electron chi connectivity index (χ2n) is 5.23. The van der Waals surface area contributed by atoms with Gasteiger partial charge >= 0.3 is 0 Å². The van der Waals surface area contributed by atoms with E-state index in [1.807, 2.05) is 23.1 Å². The molecule has 0 unspecified atom stereocenters. The Bertz CT molecular complexity index is 477. The van der Waals surface area contributed by atoms with E-state index in [1.165, 1.54) is 0 Å². The van der Waals surface area contributed by atoms with Gasteiger partial charge in [-0.25, -0.2) is 0 Å². The van der Waals surface area contributed by atoms with Gasteiger partial charge < -0.3 is 4.90 Å². The molecule has 1 aliphatic heterocycles. The lowest BCUT2D eigenvalue weighted by Gasteiger charge is -2.34. The van der Waals surface area contributed by atoms with Crippen LogP contribution in [0.3, 0.4) is 0 Å². The molecule has 1 amide bonds. The van der Waals surface area contributed by atoms with Crippen molar-refractivity contribution >= 4 is 17.7 Å². The maximum Gasteiger partial charge on any atom is 0.246 e. The van der Waals surface area contributed by atoms with E-state index < -0.39 is 0 Å². The van der Waals surface area contributed by atoms with E-state index >= 15 is 0 Å². The number of hydrogen-bond acceptors (Lipinski definition) is 4. The van der Waals surface area contributed by atoms with Crippen LogP contribution in [-0.2, 0) is 4.79 Å². The highest BCUT2D eigenvalue weighted by Crippen LogP contribution is 2.10. The summed E-state index contributed by atoms with van der Waals surface area (Å²) in [5.41, 5.74) is 3.65. The standard InChI is InChI=1S/C16H23N3O2/c1-2-9-18-10-12-19(13-11-18)16(20)8-5-14-3-6-15(17-21)7-4-14/h3-8,17,21H,2,9-13H2,1H3/b8-5+. The number of nitrogens with zero attached hydrogens (tertiary/aromatic N) is 2. The molecule has 0 radical (unpaired) electrons. The SMILES string of the molecule is CCCN1CCN(C(=O)/C=C/c2ccc(NO)cc2)CC1. The molecule has 0 bridgehead atoms. The van der Waals surface area contributed by atoms with Crippen LogP contribution in [0.1, 0.15) is 18.9 Å². The molecule has 5 heteroatoms. The van der Waals surface area contributed by atoms with Gasteiger partial charge in [0.25, 0.3) is 0 Å². The summed E-state index contributed by atoms with van der Waals surface area (Å²) in [6.07, 6.45) is 4.59. The smallest absolute Gasteiger partial charge is 0.246 e. The molecule has 5 nitrogen and oxygen atoms in total. The third-order valence-electron chi connectivity index (χ3n) is 3.68. The van der Waals surface area contributed by atoms with Crippen LogP contribution in [0.5, 0.6) is 0 Å². The molecule has 0 atom stereocenters. The molecule has 2 rings (SSSR count). The first kappa shape index (κ1) is 15.5. The Morgan fingerprint density at radius 2 is 1.90 bits per heavy atom. The molecule has 2 N–H and O–H groups in total. The van der Waals surface area contributed by atoms with Gasteiger partial charge in [-0.1, -0.05) is 19.1 Å². The normalized spacial score (nSPS) is 16.4. The van der Waals surface area contributed by atoms with Gasteiger partial charge in [-0.05, 0) is 36.7 Å². The van der Waals surface area contributed by atoms with E-state index in [9.17, 15) is 4.79 Å². The van der Waals surface area contributed by atoms with E-state index in [0.717, 1.165) is 44.7 Å². The van der Waals surface area contributed by atoms with Gasteiger partial charge in [-0.3, -0.25) is 20.4 Å². The first-order chi connectivity index (χ1) is 10.2. The summed E-state index contributed by atoms with van der Waals surface area (Å²) < 4.78 is 0. The predicted molar refractivity (Wildman–Crippen MR) is 84.2 cm³/mol. The molecule has 1 aliphatic rings. The predicted octanol–water partition coefficient (Wildman–Crippen LogP) is 2.06. The number of rotatable bonds is 5. The molecule has 21 heavy (non-hydrogen) atoms. The van der Waals surface area contributed by atoms with E-state index in [-0.39, 0.29) is 5.91 Å². The first-order valence-electron chi connectivity index (χ1n) is 7.42. The largest absolute Gasteiger partial charge is 0.337 e. The summed E-state index contributed by atoms with van der Waals surface area (Å²) in [5.74, 6) is 0.0653. The minimum absolute atomic E-state index is 0.0653. The third-order valence-corrected chi connectivity index (χ3v) is 3.68. The van der Waals surface area contributed by atoms with E-state index in [4.69, 9.17) is 5.21 Å². The molecule has 0 aliphatic carbocycles. The lowest BCUT2D eigenvalue weighted by molar-refractivity contribution is -0.127. The lowest BCUT2D eigenvalue weighted by atomic mass is 10.2. The fourth-order valence-corrected chi connectivity index (χ4v) is 2.45. The number of piperazine rings is 1. The van der Waals surface area contributed by atoms with Gasteiger partial charge in [0.2, 0.25) is 5.91 Å². The molecule has 0 saturated carbocycles. The van der Waals surface area contributed by atoms with E-state index in [0.29, 0.717) is 5.69 Å². The molecule has 1 saturated heterocycles. The van der Waals surface area contributed by atoms with Gasteiger partial charge in [-0.15, -0.1) is 0 Å². The molecule has 1 heterocycles. The second kappa shape index (κ2) is 7.81. The highest BCUT2D eigenvalue weighted by Gasteiger charge is 2.18. The van der Waals surface area contributed by atoms with Crippen molar-refractivity contribution in [3.63, 3.8) is 0 Å². The maximum atomic E-state index is 12.1. The number of carbonyl (C=O) groups excluding carboxylic acids is 1. The van der Waals surface area contributed by atoms with Gasteiger partial charge in [0.1, 0.15) is 0 Å². The van der Waals surface area contributed by atoms with Crippen molar-refractivity contribution in [2.75, 3.05) is 38.2 Å². The first-order valence-corrected chi connectivity index (χ1v) is 7.42. The Hall–Kier alpha value is -1.85. The maximum absolute atomic E-state index is 12.1. The van der Waals surface area contributed by atoms with Crippen molar-refractivity contribution in [1.82, 2.24) is 9.80 Å². The Kier molecular flexibility index (Phi) is 5.78. The number of hydrogen-bond donors (Lipinski definition) is 2. The van der Waals surface area contributed by atoms with Crippen molar-refractivity contribution in [2.24, 2.45) is 0 Å². The van der Waals surface area contributed by atoms with Crippen LogP contribution in [0.4, 0.5) is 5.69 Å². The van der Waals surface area contributed by atoms with Crippen LogP contribution in [0.15, 0.2) is 30.3 Å². The van der Waals surface area contributed by atoms with Crippen molar-refractivity contribution in [3.8, 4) is 0 Å². The average Bonchev–Trinajstić information content (AvgIpc) is 2.54. The van der Waals surface area contributed by atoms with Crippen LogP contribution >= 0.6 is 0 Å². The molecule has 0 aromatic heterocycles.